The lowest BCUT2D eigenvalue weighted by Gasteiger charge is -2.18. The molecule has 0 aromatic heterocycles. The summed E-state index contributed by atoms with van der Waals surface area (Å²) in [7, 11) is 3.67. The molecular formula is C18H22ClNO. The normalized spacial score (nSPS) is 12.2. The van der Waals surface area contributed by atoms with E-state index < -0.39 is 0 Å². The van der Waals surface area contributed by atoms with E-state index in [0.717, 1.165) is 23.6 Å². The van der Waals surface area contributed by atoms with Gasteiger partial charge in [0.05, 0.1) is 7.11 Å². The highest BCUT2D eigenvalue weighted by Crippen LogP contribution is 2.27. The van der Waals surface area contributed by atoms with E-state index in [4.69, 9.17) is 16.3 Å². The first-order chi connectivity index (χ1) is 10.1. The number of halogens is 1. The van der Waals surface area contributed by atoms with E-state index in [1.807, 2.05) is 25.2 Å². The Morgan fingerprint density at radius 2 is 1.86 bits per heavy atom. The molecule has 0 spiro atoms. The second-order valence-corrected chi connectivity index (χ2v) is 5.66. The Morgan fingerprint density at radius 3 is 2.43 bits per heavy atom. The number of hydrogen-bond donors (Lipinski definition) is 1. The van der Waals surface area contributed by atoms with Crippen molar-refractivity contribution in [3.8, 4) is 5.75 Å². The van der Waals surface area contributed by atoms with E-state index in [-0.39, 0.29) is 6.04 Å². The van der Waals surface area contributed by atoms with E-state index in [9.17, 15) is 0 Å². The van der Waals surface area contributed by atoms with Gasteiger partial charge in [-0.15, -0.1) is 0 Å². The maximum Gasteiger partial charge on any atom is 0.118 e. The van der Waals surface area contributed by atoms with Crippen molar-refractivity contribution in [2.45, 2.75) is 25.8 Å². The molecule has 0 saturated heterocycles. The number of nitrogens with one attached hydrogen (secondary N) is 1. The van der Waals surface area contributed by atoms with Gasteiger partial charge >= 0.3 is 0 Å². The fourth-order valence-corrected chi connectivity index (χ4v) is 2.84. The molecule has 0 fully saturated rings. The predicted molar refractivity (Wildman–Crippen MR) is 89.3 cm³/mol. The molecule has 2 aromatic carbocycles. The molecule has 0 aliphatic rings. The van der Waals surface area contributed by atoms with E-state index in [1.54, 1.807) is 7.11 Å². The highest BCUT2D eigenvalue weighted by atomic mass is 35.5. The molecule has 21 heavy (non-hydrogen) atoms. The Morgan fingerprint density at radius 1 is 1.14 bits per heavy atom. The van der Waals surface area contributed by atoms with Crippen molar-refractivity contribution < 1.29 is 4.74 Å². The number of rotatable bonds is 6. The monoisotopic (exact) mass is 303 g/mol. The predicted octanol–water partition coefficient (Wildman–Crippen LogP) is 4.55. The Kier molecular flexibility index (Phi) is 5.66. The lowest BCUT2D eigenvalue weighted by molar-refractivity contribution is 0.414. The molecule has 3 heteroatoms. The Labute approximate surface area is 132 Å². The molecule has 1 atom stereocenters. The first kappa shape index (κ1) is 15.9. The van der Waals surface area contributed by atoms with Crippen molar-refractivity contribution in [1.29, 1.82) is 0 Å². The van der Waals surface area contributed by atoms with Gasteiger partial charge in [0.25, 0.3) is 0 Å². The van der Waals surface area contributed by atoms with Gasteiger partial charge in [-0.2, -0.15) is 0 Å². The third kappa shape index (κ3) is 4.23. The van der Waals surface area contributed by atoms with Gasteiger partial charge in [0, 0.05) is 11.1 Å². The maximum atomic E-state index is 6.37. The van der Waals surface area contributed by atoms with E-state index in [0.29, 0.717) is 0 Å². The molecule has 1 N–H and O–H groups in total. The van der Waals surface area contributed by atoms with Gasteiger partial charge in [-0.1, -0.05) is 35.9 Å². The number of benzene rings is 2. The van der Waals surface area contributed by atoms with Crippen molar-refractivity contribution in [3.05, 3.63) is 64.2 Å². The Balaban J connectivity index is 2.04. The zero-order valence-electron chi connectivity index (χ0n) is 12.8. The summed E-state index contributed by atoms with van der Waals surface area (Å²) in [4.78, 5) is 0. The molecule has 0 radical (unpaired) electrons. The minimum atomic E-state index is 0.264. The first-order valence-corrected chi connectivity index (χ1v) is 7.58. The highest BCUT2D eigenvalue weighted by molar-refractivity contribution is 6.31. The maximum absolute atomic E-state index is 6.37. The van der Waals surface area contributed by atoms with Gasteiger partial charge in [0.15, 0.2) is 0 Å². The molecule has 0 heterocycles. The average molecular weight is 304 g/mol. The second kappa shape index (κ2) is 7.48. The molecule has 2 nitrogen and oxygen atoms in total. The Hall–Kier alpha value is -1.51. The summed E-state index contributed by atoms with van der Waals surface area (Å²) in [6, 6.07) is 14.7. The van der Waals surface area contributed by atoms with Crippen molar-refractivity contribution in [2.24, 2.45) is 0 Å². The van der Waals surface area contributed by atoms with Crippen LogP contribution in [0, 0.1) is 6.92 Å². The summed E-state index contributed by atoms with van der Waals surface area (Å²) in [5.41, 5.74) is 3.66. The zero-order valence-corrected chi connectivity index (χ0v) is 13.6. The smallest absolute Gasteiger partial charge is 0.118 e. The zero-order chi connectivity index (χ0) is 15.2. The van der Waals surface area contributed by atoms with E-state index >= 15 is 0 Å². The van der Waals surface area contributed by atoms with Crippen LogP contribution in [0.3, 0.4) is 0 Å². The summed E-state index contributed by atoms with van der Waals surface area (Å²) >= 11 is 6.37. The van der Waals surface area contributed by atoms with Crippen LogP contribution in [0.25, 0.3) is 0 Å². The summed E-state index contributed by atoms with van der Waals surface area (Å²) in [5, 5.41) is 4.20. The van der Waals surface area contributed by atoms with Crippen LogP contribution >= 0.6 is 11.6 Å². The fourth-order valence-electron chi connectivity index (χ4n) is 2.47. The SMILES string of the molecule is CNC(CCc1ccc(OC)cc1)c1ccc(C)cc1Cl. The van der Waals surface area contributed by atoms with E-state index in [2.05, 4.69) is 36.5 Å². The third-order valence-corrected chi connectivity index (χ3v) is 4.09. The highest BCUT2D eigenvalue weighted by Gasteiger charge is 2.13. The second-order valence-electron chi connectivity index (χ2n) is 5.25. The molecule has 0 aliphatic carbocycles. The fraction of sp³-hybridized carbons (Fsp3) is 0.333. The van der Waals surface area contributed by atoms with Crippen molar-refractivity contribution in [2.75, 3.05) is 14.2 Å². The van der Waals surface area contributed by atoms with Crippen LogP contribution in [0.5, 0.6) is 5.75 Å². The van der Waals surface area contributed by atoms with Crippen molar-refractivity contribution in [1.82, 2.24) is 5.32 Å². The van der Waals surface area contributed by atoms with Crippen LogP contribution in [-0.2, 0) is 6.42 Å². The number of hydrogen-bond acceptors (Lipinski definition) is 2. The van der Waals surface area contributed by atoms with Gasteiger partial charge in [-0.3, -0.25) is 0 Å². The van der Waals surface area contributed by atoms with E-state index in [1.165, 1.54) is 16.7 Å². The third-order valence-electron chi connectivity index (χ3n) is 3.76. The Bertz CT molecular complexity index is 580. The lowest BCUT2D eigenvalue weighted by Crippen LogP contribution is -2.17. The molecule has 0 aliphatic heterocycles. The number of ether oxygens (including phenoxy) is 1. The van der Waals surface area contributed by atoms with Gasteiger partial charge in [0.2, 0.25) is 0 Å². The van der Waals surface area contributed by atoms with Crippen LogP contribution in [0.15, 0.2) is 42.5 Å². The van der Waals surface area contributed by atoms with Gasteiger partial charge in [-0.05, 0) is 61.7 Å². The summed E-state index contributed by atoms with van der Waals surface area (Å²) < 4.78 is 5.18. The molecule has 2 rings (SSSR count). The first-order valence-electron chi connectivity index (χ1n) is 7.20. The molecule has 0 bridgehead atoms. The quantitative estimate of drug-likeness (QED) is 0.845. The van der Waals surface area contributed by atoms with Crippen LogP contribution < -0.4 is 10.1 Å². The summed E-state index contributed by atoms with van der Waals surface area (Å²) in [6.45, 7) is 2.06. The van der Waals surface area contributed by atoms with Crippen molar-refractivity contribution >= 4 is 11.6 Å². The van der Waals surface area contributed by atoms with Crippen LogP contribution in [0.1, 0.15) is 29.2 Å². The summed E-state index contributed by atoms with van der Waals surface area (Å²) in [6.07, 6.45) is 2.01. The number of aryl methyl sites for hydroxylation is 2. The van der Waals surface area contributed by atoms with Crippen LogP contribution in [-0.4, -0.2) is 14.2 Å². The molecule has 0 saturated carbocycles. The topological polar surface area (TPSA) is 21.3 Å². The van der Waals surface area contributed by atoms with Crippen LogP contribution in [0.4, 0.5) is 0 Å². The number of methoxy groups -OCH3 is 1. The summed E-state index contributed by atoms with van der Waals surface area (Å²) in [5.74, 6) is 0.894. The van der Waals surface area contributed by atoms with Gasteiger partial charge < -0.3 is 10.1 Å². The van der Waals surface area contributed by atoms with Gasteiger partial charge in [0.1, 0.15) is 5.75 Å². The van der Waals surface area contributed by atoms with Crippen molar-refractivity contribution in [3.63, 3.8) is 0 Å². The molecular weight excluding hydrogens is 282 g/mol. The molecule has 1 unspecified atom stereocenters. The standard InChI is InChI=1S/C18H22ClNO/c1-13-4-10-16(17(19)12-13)18(20-2)11-7-14-5-8-15(21-3)9-6-14/h4-6,8-10,12,18,20H,7,11H2,1-3H3. The largest absolute Gasteiger partial charge is 0.497 e. The van der Waals surface area contributed by atoms with Gasteiger partial charge in [-0.25, -0.2) is 0 Å². The molecule has 0 amide bonds. The lowest BCUT2D eigenvalue weighted by atomic mass is 9.98. The minimum absolute atomic E-state index is 0.264. The van der Waals surface area contributed by atoms with Crippen LogP contribution in [0.2, 0.25) is 5.02 Å². The molecule has 2 aromatic rings. The minimum Gasteiger partial charge on any atom is -0.497 e. The molecule has 112 valence electrons. The average Bonchev–Trinajstić information content (AvgIpc) is 2.50.